The molecule has 0 saturated heterocycles. The minimum atomic E-state index is -0.644. The maximum absolute atomic E-state index is 10.7. The molecule has 5 heteroatoms. The van der Waals surface area contributed by atoms with E-state index in [1.807, 2.05) is 0 Å². The normalized spacial score (nSPS) is 17.7. The summed E-state index contributed by atoms with van der Waals surface area (Å²) in [6.45, 7) is 0. The minimum absolute atomic E-state index is 0.361. The number of imide groups is 1. The lowest BCUT2D eigenvalue weighted by molar-refractivity contribution is -0.136. The van der Waals surface area contributed by atoms with E-state index in [0.29, 0.717) is 0 Å². The van der Waals surface area contributed by atoms with Gasteiger partial charge in [-0.2, -0.15) is 0 Å². The Labute approximate surface area is 68.9 Å². The maximum Gasteiger partial charge on any atom is 0.255 e. The standard InChI is InChI=1S/C5H5NO2S2/c7-3-1-2-4(8)6(3)5(9)10/h1-2,5,9-10H. The lowest BCUT2D eigenvalue weighted by Crippen LogP contribution is -2.33. The van der Waals surface area contributed by atoms with Gasteiger partial charge in [-0.05, 0) is 0 Å². The SMILES string of the molecule is O=C1C=CC(=O)N1C(S)S. The Morgan fingerprint density at radius 1 is 1.20 bits per heavy atom. The lowest BCUT2D eigenvalue weighted by atomic mass is 10.6. The molecule has 0 N–H and O–H groups in total. The van der Waals surface area contributed by atoms with Gasteiger partial charge >= 0.3 is 0 Å². The van der Waals surface area contributed by atoms with Crippen molar-refractivity contribution >= 4 is 37.1 Å². The average Bonchev–Trinajstić information content (AvgIpc) is 2.11. The Morgan fingerprint density at radius 2 is 1.60 bits per heavy atom. The zero-order valence-electron chi connectivity index (χ0n) is 4.89. The third-order valence-corrected chi connectivity index (χ3v) is 1.54. The van der Waals surface area contributed by atoms with Crippen LogP contribution in [-0.4, -0.2) is 21.4 Å². The summed E-state index contributed by atoms with van der Waals surface area (Å²) in [7, 11) is 0. The molecule has 0 spiro atoms. The van der Waals surface area contributed by atoms with Crippen LogP contribution in [0.5, 0.6) is 0 Å². The first-order valence-corrected chi connectivity index (χ1v) is 3.57. The fourth-order valence-corrected chi connectivity index (χ4v) is 1.09. The molecule has 0 bridgehead atoms. The number of nitrogens with zero attached hydrogens (tertiary/aromatic N) is 1. The number of rotatable bonds is 1. The summed E-state index contributed by atoms with van der Waals surface area (Å²) in [5, 5.41) is 0. The van der Waals surface area contributed by atoms with E-state index in [9.17, 15) is 9.59 Å². The molecule has 0 aromatic carbocycles. The van der Waals surface area contributed by atoms with Crippen molar-refractivity contribution in [3.63, 3.8) is 0 Å². The Kier molecular flexibility index (Phi) is 2.05. The first-order chi connectivity index (χ1) is 4.63. The summed E-state index contributed by atoms with van der Waals surface area (Å²) in [4.78, 5) is 22.4. The summed E-state index contributed by atoms with van der Waals surface area (Å²) in [5.41, 5.74) is 0. The molecule has 1 aliphatic rings. The molecule has 1 rings (SSSR count). The van der Waals surface area contributed by atoms with E-state index >= 15 is 0 Å². The van der Waals surface area contributed by atoms with Gasteiger partial charge in [0.15, 0.2) is 0 Å². The molecule has 10 heavy (non-hydrogen) atoms. The van der Waals surface area contributed by atoms with E-state index in [0.717, 1.165) is 4.90 Å². The summed E-state index contributed by atoms with van der Waals surface area (Å²) in [6.07, 6.45) is 2.39. The number of amides is 2. The maximum atomic E-state index is 10.7. The van der Waals surface area contributed by atoms with Gasteiger partial charge in [-0.1, -0.05) is 0 Å². The van der Waals surface area contributed by atoms with Gasteiger partial charge < -0.3 is 0 Å². The van der Waals surface area contributed by atoms with Gasteiger partial charge in [0.25, 0.3) is 11.8 Å². The highest BCUT2D eigenvalue weighted by Crippen LogP contribution is 2.13. The fourth-order valence-electron chi connectivity index (χ4n) is 0.639. The quantitative estimate of drug-likeness (QED) is 0.336. The van der Waals surface area contributed by atoms with E-state index in [-0.39, 0.29) is 11.8 Å². The van der Waals surface area contributed by atoms with Crippen molar-refractivity contribution in [2.24, 2.45) is 0 Å². The van der Waals surface area contributed by atoms with Gasteiger partial charge in [0.2, 0.25) is 0 Å². The molecule has 0 unspecified atom stereocenters. The first-order valence-electron chi connectivity index (χ1n) is 2.54. The Bertz CT molecular complexity index is 194. The number of carbonyl (C=O) groups excluding carboxylic acids is 2. The number of carbonyl (C=O) groups is 2. The molecule has 0 aliphatic carbocycles. The predicted octanol–water partition coefficient (Wildman–Crippen LogP) is 0.0546. The highest BCUT2D eigenvalue weighted by Gasteiger charge is 2.26. The molecule has 0 saturated carbocycles. The van der Waals surface area contributed by atoms with Crippen molar-refractivity contribution in [2.75, 3.05) is 0 Å². The van der Waals surface area contributed by atoms with E-state index in [4.69, 9.17) is 0 Å². The molecule has 1 heterocycles. The van der Waals surface area contributed by atoms with E-state index < -0.39 is 4.71 Å². The van der Waals surface area contributed by atoms with Gasteiger partial charge in [-0.15, -0.1) is 25.3 Å². The molecular formula is C5H5NO2S2. The number of thiol groups is 2. The second-order valence-electron chi connectivity index (χ2n) is 1.73. The van der Waals surface area contributed by atoms with Crippen molar-refractivity contribution in [2.45, 2.75) is 4.71 Å². The molecule has 0 aromatic heterocycles. The van der Waals surface area contributed by atoms with Gasteiger partial charge in [-0.25, -0.2) is 0 Å². The van der Waals surface area contributed by atoms with Crippen LogP contribution in [-0.2, 0) is 9.59 Å². The molecule has 3 nitrogen and oxygen atoms in total. The summed E-state index contributed by atoms with van der Waals surface area (Å²) in [5.74, 6) is -0.722. The van der Waals surface area contributed by atoms with Crippen LogP contribution in [0.25, 0.3) is 0 Å². The van der Waals surface area contributed by atoms with Crippen molar-refractivity contribution < 1.29 is 9.59 Å². The zero-order chi connectivity index (χ0) is 7.72. The third-order valence-electron chi connectivity index (χ3n) is 1.07. The van der Waals surface area contributed by atoms with Gasteiger partial charge in [0, 0.05) is 12.2 Å². The zero-order valence-corrected chi connectivity index (χ0v) is 6.68. The van der Waals surface area contributed by atoms with Crippen molar-refractivity contribution in [3.05, 3.63) is 12.2 Å². The van der Waals surface area contributed by atoms with E-state index in [2.05, 4.69) is 25.3 Å². The monoisotopic (exact) mass is 175 g/mol. The molecule has 2 amide bonds. The third kappa shape index (κ3) is 1.19. The van der Waals surface area contributed by atoms with Crippen LogP contribution >= 0.6 is 25.3 Å². The smallest absolute Gasteiger partial charge is 0.255 e. The van der Waals surface area contributed by atoms with E-state index in [1.54, 1.807) is 0 Å². The number of hydrogen-bond donors (Lipinski definition) is 2. The van der Waals surface area contributed by atoms with Gasteiger partial charge in [0.05, 0.1) is 0 Å². The molecule has 0 fully saturated rings. The average molecular weight is 175 g/mol. The highest BCUT2D eigenvalue weighted by molar-refractivity contribution is 7.99. The predicted molar refractivity (Wildman–Crippen MR) is 42.8 cm³/mol. The van der Waals surface area contributed by atoms with Crippen LogP contribution in [0, 0.1) is 0 Å². The summed E-state index contributed by atoms with van der Waals surface area (Å²) in [6, 6.07) is 0. The second kappa shape index (κ2) is 2.67. The van der Waals surface area contributed by atoms with Crippen LogP contribution in [0.4, 0.5) is 0 Å². The number of hydrogen-bond acceptors (Lipinski definition) is 4. The van der Waals surface area contributed by atoms with Crippen molar-refractivity contribution in [1.29, 1.82) is 0 Å². The highest BCUT2D eigenvalue weighted by atomic mass is 32.2. The first kappa shape index (κ1) is 7.68. The molecule has 54 valence electrons. The molecule has 0 radical (unpaired) electrons. The fraction of sp³-hybridized carbons (Fsp3) is 0.200. The van der Waals surface area contributed by atoms with Gasteiger partial charge in [-0.3, -0.25) is 14.5 Å². The van der Waals surface area contributed by atoms with E-state index in [1.165, 1.54) is 12.2 Å². The van der Waals surface area contributed by atoms with Crippen LogP contribution in [0.3, 0.4) is 0 Å². The largest absolute Gasteiger partial charge is 0.269 e. The molecule has 1 aliphatic heterocycles. The molecule has 0 atom stereocenters. The lowest BCUT2D eigenvalue weighted by Gasteiger charge is -2.15. The van der Waals surface area contributed by atoms with Crippen molar-refractivity contribution in [3.8, 4) is 0 Å². The second-order valence-corrected chi connectivity index (χ2v) is 3.11. The summed E-state index contributed by atoms with van der Waals surface area (Å²) < 4.78 is -0.644. The van der Waals surface area contributed by atoms with Crippen LogP contribution in [0.15, 0.2) is 12.2 Å². The molecule has 0 aromatic rings. The minimum Gasteiger partial charge on any atom is -0.269 e. The Hall–Kier alpha value is -0.420. The van der Waals surface area contributed by atoms with Crippen LogP contribution in [0.2, 0.25) is 0 Å². The Morgan fingerprint density at radius 3 is 1.80 bits per heavy atom. The van der Waals surface area contributed by atoms with Crippen LogP contribution in [0.1, 0.15) is 0 Å². The van der Waals surface area contributed by atoms with Crippen LogP contribution < -0.4 is 0 Å². The summed E-state index contributed by atoms with van der Waals surface area (Å²) >= 11 is 7.64. The molecular weight excluding hydrogens is 170 g/mol. The Balaban J connectivity index is 2.79. The van der Waals surface area contributed by atoms with Crippen molar-refractivity contribution in [1.82, 2.24) is 4.90 Å². The van der Waals surface area contributed by atoms with Gasteiger partial charge in [0.1, 0.15) is 4.71 Å². The topological polar surface area (TPSA) is 37.4 Å².